The van der Waals surface area contributed by atoms with E-state index < -0.39 is 10.0 Å². The average molecular weight is 443 g/mol. The minimum absolute atomic E-state index is 0.0420. The van der Waals surface area contributed by atoms with Crippen LogP contribution in [0.5, 0.6) is 0 Å². The Balaban J connectivity index is 1.44. The van der Waals surface area contributed by atoms with Crippen LogP contribution in [-0.2, 0) is 26.0 Å². The van der Waals surface area contributed by atoms with Crippen LogP contribution >= 0.6 is 0 Å². The van der Waals surface area contributed by atoms with Gasteiger partial charge in [-0.15, -0.1) is 0 Å². The minimum atomic E-state index is -3.62. The summed E-state index contributed by atoms with van der Waals surface area (Å²) in [4.78, 5) is 32.8. The molecule has 9 heteroatoms. The first-order valence-corrected chi connectivity index (χ1v) is 11.8. The third-order valence-electron chi connectivity index (χ3n) is 6.05. The van der Waals surface area contributed by atoms with Crippen molar-refractivity contribution in [2.24, 2.45) is 0 Å². The van der Waals surface area contributed by atoms with Gasteiger partial charge in [-0.2, -0.15) is 4.31 Å². The number of amides is 2. The van der Waals surface area contributed by atoms with Gasteiger partial charge in [0, 0.05) is 52.0 Å². The lowest BCUT2D eigenvalue weighted by Gasteiger charge is -2.39. The molecule has 2 aliphatic heterocycles. The number of hydrogen-bond donors (Lipinski definition) is 0. The molecule has 2 aliphatic rings. The molecule has 8 nitrogen and oxygen atoms in total. The summed E-state index contributed by atoms with van der Waals surface area (Å²) >= 11 is 0. The summed E-state index contributed by atoms with van der Waals surface area (Å²) in [6, 6.07) is 10.8. The lowest BCUT2D eigenvalue weighted by Crippen LogP contribution is -2.51. The number of piperazine rings is 1. The molecule has 31 heavy (non-hydrogen) atoms. The van der Waals surface area contributed by atoms with Crippen molar-refractivity contribution in [3.63, 3.8) is 0 Å². The third-order valence-corrected chi connectivity index (χ3v) is 7.93. The molecule has 1 atom stereocenters. The average Bonchev–Trinajstić information content (AvgIpc) is 2.79. The van der Waals surface area contributed by atoms with Crippen molar-refractivity contribution in [2.75, 3.05) is 32.7 Å². The zero-order valence-corrected chi connectivity index (χ0v) is 18.3. The summed E-state index contributed by atoms with van der Waals surface area (Å²) in [7, 11) is -3.62. The van der Waals surface area contributed by atoms with Gasteiger partial charge in [-0.05, 0) is 29.7 Å². The first kappa shape index (κ1) is 21.5. The van der Waals surface area contributed by atoms with Crippen molar-refractivity contribution in [3.05, 3.63) is 59.9 Å². The van der Waals surface area contributed by atoms with Gasteiger partial charge < -0.3 is 9.80 Å². The van der Waals surface area contributed by atoms with Crippen LogP contribution in [0.1, 0.15) is 30.5 Å². The highest BCUT2D eigenvalue weighted by Gasteiger charge is 2.34. The van der Waals surface area contributed by atoms with Gasteiger partial charge in [0.15, 0.2) is 0 Å². The SMILES string of the molecule is CC(=O)N1CCc2ccccc2C1CC(=O)N1CCN(S(=O)(=O)c2cccnc2)CC1. The maximum atomic E-state index is 13.1. The number of nitrogens with zero attached hydrogens (tertiary/aromatic N) is 4. The quantitative estimate of drug-likeness (QED) is 0.715. The van der Waals surface area contributed by atoms with E-state index in [0.717, 1.165) is 12.0 Å². The van der Waals surface area contributed by atoms with Gasteiger partial charge >= 0.3 is 0 Å². The number of carbonyl (C=O) groups excluding carboxylic acids is 2. The highest BCUT2D eigenvalue weighted by Crippen LogP contribution is 2.33. The lowest BCUT2D eigenvalue weighted by molar-refractivity contribution is -0.137. The van der Waals surface area contributed by atoms with E-state index in [-0.39, 0.29) is 42.3 Å². The van der Waals surface area contributed by atoms with Crippen molar-refractivity contribution >= 4 is 21.8 Å². The number of aromatic nitrogens is 1. The molecule has 0 spiro atoms. The zero-order chi connectivity index (χ0) is 22.0. The van der Waals surface area contributed by atoms with Crippen molar-refractivity contribution in [1.82, 2.24) is 19.1 Å². The molecule has 1 fully saturated rings. The molecule has 1 aromatic carbocycles. The standard InChI is InChI=1S/C22H26N4O4S/c1-17(27)26-10-8-18-5-2-3-7-20(18)21(26)15-22(28)24-11-13-25(14-12-24)31(29,30)19-6-4-9-23-16-19/h2-7,9,16,21H,8,10-15H2,1H3. The van der Waals surface area contributed by atoms with E-state index in [1.165, 1.54) is 35.3 Å². The van der Waals surface area contributed by atoms with Gasteiger partial charge in [0.1, 0.15) is 4.90 Å². The van der Waals surface area contributed by atoms with Crippen LogP contribution < -0.4 is 0 Å². The number of rotatable bonds is 4. The maximum absolute atomic E-state index is 13.1. The molecule has 0 N–H and O–H groups in total. The summed E-state index contributed by atoms with van der Waals surface area (Å²) in [5, 5.41) is 0. The second-order valence-corrected chi connectivity index (χ2v) is 9.79. The van der Waals surface area contributed by atoms with Crippen LogP contribution in [0.4, 0.5) is 0 Å². The molecule has 0 saturated carbocycles. The van der Waals surface area contributed by atoms with E-state index in [0.29, 0.717) is 19.6 Å². The number of pyridine rings is 1. The number of sulfonamides is 1. The second-order valence-electron chi connectivity index (χ2n) is 7.85. The summed E-state index contributed by atoms with van der Waals surface area (Å²) < 4.78 is 26.9. The monoisotopic (exact) mass is 442 g/mol. The molecular weight excluding hydrogens is 416 g/mol. The zero-order valence-electron chi connectivity index (χ0n) is 17.5. The van der Waals surface area contributed by atoms with Crippen molar-refractivity contribution in [3.8, 4) is 0 Å². The highest BCUT2D eigenvalue weighted by molar-refractivity contribution is 7.89. The Bertz CT molecular complexity index is 1070. The normalized spacial score (nSPS) is 19.7. The van der Waals surface area contributed by atoms with E-state index in [2.05, 4.69) is 4.98 Å². The smallest absolute Gasteiger partial charge is 0.244 e. The summed E-state index contributed by atoms with van der Waals surface area (Å²) in [5.41, 5.74) is 2.19. The number of fused-ring (bicyclic) bond motifs is 1. The molecule has 4 rings (SSSR count). The number of hydrogen-bond acceptors (Lipinski definition) is 5. The van der Waals surface area contributed by atoms with Crippen molar-refractivity contribution in [1.29, 1.82) is 0 Å². The van der Waals surface area contributed by atoms with E-state index in [9.17, 15) is 18.0 Å². The largest absolute Gasteiger partial charge is 0.340 e. The van der Waals surface area contributed by atoms with Crippen LogP contribution in [0, 0.1) is 0 Å². The van der Waals surface area contributed by atoms with Gasteiger partial charge in [0.2, 0.25) is 21.8 Å². The summed E-state index contributed by atoms with van der Waals surface area (Å²) in [6.07, 6.45) is 3.85. The molecule has 164 valence electrons. The maximum Gasteiger partial charge on any atom is 0.244 e. The fourth-order valence-corrected chi connectivity index (χ4v) is 5.76. The molecule has 0 aliphatic carbocycles. The molecule has 2 amide bonds. The van der Waals surface area contributed by atoms with Crippen LogP contribution in [0.3, 0.4) is 0 Å². The highest BCUT2D eigenvalue weighted by atomic mass is 32.2. The molecule has 3 heterocycles. The van der Waals surface area contributed by atoms with E-state index in [1.807, 2.05) is 24.3 Å². The molecule has 0 bridgehead atoms. The fourth-order valence-electron chi connectivity index (χ4n) is 4.37. The second kappa shape index (κ2) is 8.76. The Morgan fingerprint density at radius 2 is 1.77 bits per heavy atom. The Kier molecular flexibility index (Phi) is 6.06. The first-order chi connectivity index (χ1) is 14.9. The summed E-state index contributed by atoms with van der Waals surface area (Å²) in [5.74, 6) is -0.105. The van der Waals surface area contributed by atoms with Crippen molar-refractivity contribution < 1.29 is 18.0 Å². The van der Waals surface area contributed by atoms with Gasteiger partial charge in [-0.3, -0.25) is 14.6 Å². The Morgan fingerprint density at radius 3 is 2.45 bits per heavy atom. The molecule has 2 aromatic rings. The predicted molar refractivity (Wildman–Crippen MR) is 114 cm³/mol. The topological polar surface area (TPSA) is 90.9 Å². The minimum Gasteiger partial charge on any atom is -0.340 e. The Morgan fingerprint density at radius 1 is 1.03 bits per heavy atom. The Hall–Kier alpha value is -2.78. The van der Waals surface area contributed by atoms with E-state index >= 15 is 0 Å². The van der Waals surface area contributed by atoms with Gasteiger partial charge in [-0.1, -0.05) is 24.3 Å². The van der Waals surface area contributed by atoms with Crippen LogP contribution in [0.2, 0.25) is 0 Å². The number of carbonyl (C=O) groups is 2. The van der Waals surface area contributed by atoms with E-state index in [4.69, 9.17) is 0 Å². The molecule has 0 radical (unpaired) electrons. The Labute approximate surface area is 182 Å². The first-order valence-electron chi connectivity index (χ1n) is 10.4. The predicted octanol–water partition coefficient (Wildman–Crippen LogP) is 1.45. The van der Waals surface area contributed by atoms with Crippen LogP contribution in [-0.4, -0.2) is 72.0 Å². The lowest BCUT2D eigenvalue weighted by atomic mass is 9.90. The van der Waals surface area contributed by atoms with Gasteiger partial charge in [0.05, 0.1) is 12.5 Å². The van der Waals surface area contributed by atoms with Crippen LogP contribution in [0.15, 0.2) is 53.7 Å². The molecular formula is C22H26N4O4S. The molecule has 1 aromatic heterocycles. The van der Waals surface area contributed by atoms with Gasteiger partial charge in [-0.25, -0.2) is 8.42 Å². The van der Waals surface area contributed by atoms with E-state index in [1.54, 1.807) is 15.9 Å². The number of benzene rings is 1. The van der Waals surface area contributed by atoms with Crippen molar-refractivity contribution in [2.45, 2.75) is 30.7 Å². The third kappa shape index (κ3) is 4.33. The van der Waals surface area contributed by atoms with Crippen LogP contribution in [0.25, 0.3) is 0 Å². The molecule has 1 saturated heterocycles. The fraction of sp³-hybridized carbons (Fsp3) is 0.409. The molecule has 1 unspecified atom stereocenters. The summed E-state index contributed by atoms with van der Waals surface area (Å²) in [6.45, 7) is 3.26. The van der Waals surface area contributed by atoms with Gasteiger partial charge in [0.25, 0.3) is 0 Å².